The summed E-state index contributed by atoms with van der Waals surface area (Å²) in [5, 5.41) is -6.39. The minimum absolute atomic E-state index is 0.191. The van der Waals surface area contributed by atoms with E-state index in [0.29, 0.717) is 23.5 Å². The quantitative estimate of drug-likeness (QED) is 0.214. The number of amides is 1. The van der Waals surface area contributed by atoms with Crippen LogP contribution in [0.25, 0.3) is 0 Å². The van der Waals surface area contributed by atoms with Gasteiger partial charge in [-0.05, 0) is 29.8 Å². The Morgan fingerprint density at radius 2 is 1.03 bits per heavy atom. The molecule has 208 valence electrons. The number of carbonyl (C=O) groups is 1. The summed E-state index contributed by atoms with van der Waals surface area (Å²) in [6.07, 6.45) is 0. The molecule has 0 heterocycles. The van der Waals surface area contributed by atoms with Crippen LogP contribution in [-0.4, -0.2) is 52.7 Å². The Labute approximate surface area is 199 Å². The van der Waals surface area contributed by atoms with Crippen molar-refractivity contribution in [1.29, 1.82) is 0 Å². The molecule has 0 radical (unpaired) electrons. The molecule has 1 aromatic carbocycles. The van der Waals surface area contributed by atoms with Crippen LogP contribution < -0.4 is 5.32 Å². The molecule has 0 saturated carbocycles. The first-order chi connectivity index (χ1) is 15.6. The van der Waals surface area contributed by atoms with Gasteiger partial charge in [0.2, 0.25) is 0 Å². The lowest BCUT2D eigenvalue weighted by molar-refractivity contribution is -0.445. The Balaban J connectivity index is 3.59. The van der Waals surface area contributed by atoms with E-state index in [2.05, 4.69) is 27.5 Å². The summed E-state index contributed by atoms with van der Waals surface area (Å²) in [5.41, 5.74) is -1.50. The molecule has 21 heteroatoms. The molecule has 0 fully saturated rings. The molecule has 36 heavy (non-hydrogen) atoms. The molecule has 1 amide bonds. The first kappa shape index (κ1) is 32.3. The Bertz CT molecular complexity index is 1010. The molecule has 0 aliphatic carbocycles. The van der Waals surface area contributed by atoms with Crippen LogP contribution >= 0.6 is 27.5 Å². The summed E-state index contributed by atoms with van der Waals surface area (Å²) in [6, 6.07) is 1.37. The standard InChI is InChI=1S/C15H4BrClF17NO/c16-4-1-2-6(5(18)3-4)35-7(36)8(19,20)9(21,22)10(23,24)11(25,26)12(27,28)13(29,30)14(31,32)15(17,33)34/h1-3H,(H,35,36). The predicted octanol–water partition coefficient (Wildman–Crippen LogP) is 7.81. The van der Waals surface area contributed by atoms with E-state index < -0.39 is 64.3 Å². The summed E-state index contributed by atoms with van der Waals surface area (Å²) in [6.45, 7) is 0. The lowest BCUT2D eigenvalue weighted by Crippen LogP contribution is -2.75. The molecule has 0 aliphatic heterocycles. The highest BCUT2D eigenvalue weighted by Gasteiger charge is 2.95. The van der Waals surface area contributed by atoms with E-state index >= 15 is 0 Å². The highest BCUT2D eigenvalue weighted by atomic mass is 79.9. The second-order valence-corrected chi connectivity index (χ2v) is 7.99. The van der Waals surface area contributed by atoms with Crippen molar-refractivity contribution >= 4 is 39.1 Å². The topological polar surface area (TPSA) is 29.1 Å². The van der Waals surface area contributed by atoms with Gasteiger partial charge in [-0.25, -0.2) is 4.39 Å². The first-order valence-electron chi connectivity index (χ1n) is 8.03. The summed E-state index contributed by atoms with van der Waals surface area (Å²) in [7, 11) is 0. The smallest absolute Gasteiger partial charge is 0.318 e. The molecular weight excluding hydrogens is 648 g/mol. The van der Waals surface area contributed by atoms with Crippen molar-refractivity contribution in [2.45, 2.75) is 46.8 Å². The maximum absolute atomic E-state index is 13.8. The van der Waals surface area contributed by atoms with E-state index in [-0.39, 0.29) is 4.47 Å². The lowest BCUT2D eigenvalue weighted by atomic mass is 9.89. The highest BCUT2D eigenvalue weighted by molar-refractivity contribution is 9.10. The minimum Gasteiger partial charge on any atom is -0.318 e. The second kappa shape index (κ2) is 8.93. The Morgan fingerprint density at radius 3 is 1.39 bits per heavy atom. The number of hydrogen-bond donors (Lipinski definition) is 1. The van der Waals surface area contributed by atoms with Gasteiger partial charge in [0.15, 0.2) is 0 Å². The van der Waals surface area contributed by atoms with Crippen LogP contribution in [0.5, 0.6) is 0 Å². The highest BCUT2D eigenvalue weighted by Crippen LogP contribution is 2.64. The second-order valence-electron chi connectivity index (χ2n) is 6.60. The van der Waals surface area contributed by atoms with E-state index in [1.165, 1.54) is 0 Å². The number of benzene rings is 1. The van der Waals surface area contributed by atoms with Gasteiger partial charge < -0.3 is 5.32 Å². The van der Waals surface area contributed by atoms with Crippen LogP contribution in [0.4, 0.5) is 80.3 Å². The Hall–Kier alpha value is -1.73. The van der Waals surface area contributed by atoms with E-state index in [9.17, 15) is 79.4 Å². The zero-order valence-electron chi connectivity index (χ0n) is 15.8. The fraction of sp³-hybridized carbons (Fsp3) is 0.533. The van der Waals surface area contributed by atoms with E-state index in [1.807, 2.05) is 0 Å². The first-order valence-corrected chi connectivity index (χ1v) is 9.20. The Morgan fingerprint density at radius 1 is 0.667 bits per heavy atom. The molecule has 0 saturated heterocycles. The van der Waals surface area contributed by atoms with Crippen LogP contribution in [0.1, 0.15) is 0 Å². The maximum atomic E-state index is 13.8. The van der Waals surface area contributed by atoms with Gasteiger partial charge in [0.25, 0.3) is 0 Å². The molecule has 0 aromatic heterocycles. The largest absolute Gasteiger partial charge is 0.393 e. The van der Waals surface area contributed by atoms with Crippen LogP contribution in [-0.2, 0) is 4.79 Å². The van der Waals surface area contributed by atoms with Gasteiger partial charge in [0.1, 0.15) is 5.82 Å². The van der Waals surface area contributed by atoms with Gasteiger partial charge in [-0.3, -0.25) is 4.79 Å². The van der Waals surface area contributed by atoms with Crippen LogP contribution in [0.15, 0.2) is 22.7 Å². The SMILES string of the molecule is O=C(Nc1ccc(Br)cc1F)C(F)(F)C(F)(F)C(F)(F)C(F)(F)C(F)(F)C(F)(F)C(F)(F)C(F)(F)Cl. The van der Waals surface area contributed by atoms with E-state index in [1.54, 1.807) is 0 Å². The average molecular weight is 653 g/mol. The number of rotatable bonds is 9. The van der Waals surface area contributed by atoms with Crippen molar-refractivity contribution in [3.63, 3.8) is 0 Å². The third-order valence-electron chi connectivity index (χ3n) is 4.19. The van der Waals surface area contributed by atoms with Crippen LogP contribution in [0.3, 0.4) is 0 Å². The molecule has 1 aromatic rings. The van der Waals surface area contributed by atoms with E-state index in [0.717, 1.165) is 0 Å². The summed E-state index contributed by atoms with van der Waals surface area (Å²) in [4.78, 5) is 11.4. The minimum atomic E-state index is -8.70. The number of carbonyl (C=O) groups excluding carboxylic acids is 1. The molecule has 0 aliphatic rings. The number of halogens is 19. The van der Waals surface area contributed by atoms with Crippen LogP contribution in [0.2, 0.25) is 0 Å². The molecule has 1 rings (SSSR count). The molecular formula is C15H4BrClF17NO. The van der Waals surface area contributed by atoms with Crippen LogP contribution in [0, 0.1) is 5.82 Å². The Kier molecular flexibility index (Phi) is 8.02. The molecule has 0 unspecified atom stereocenters. The third kappa shape index (κ3) is 4.44. The van der Waals surface area contributed by atoms with Crippen molar-refractivity contribution in [3.05, 3.63) is 28.5 Å². The van der Waals surface area contributed by atoms with Crippen molar-refractivity contribution in [2.75, 3.05) is 5.32 Å². The number of alkyl halides is 17. The molecule has 0 spiro atoms. The van der Waals surface area contributed by atoms with Crippen molar-refractivity contribution in [2.24, 2.45) is 0 Å². The molecule has 0 bridgehead atoms. The van der Waals surface area contributed by atoms with Gasteiger partial charge in [0.05, 0.1) is 5.69 Å². The fourth-order valence-corrected chi connectivity index (χ4v) is 2.55. The van der Waals surface area contributed by atoms with Gasteiger partial charge in [0, 0.05) is 4.47 Å². The zero-order valence-corrected chi connectivity index (χ0v) is 18.2. The molecule has 2 nitrogen and oxygen atoms in total. The monoisotopic (exact) mass is 651 g/mol. The normalized spacial score (nSPS) is 15.2. The van der Waals surface area contributed by atoms with E-state index in [4.69, 9.17) is 0 Å². The zero-order chi connectivity index (χ0) is 29.1. The number of anilines is 1. The summed E-state index contributed by atoms with van der Waals surface area (Å²) < 4.78 is 227. The summed E-state index contributed by atoms with van der Waals surface area (Å²) >= 11 is 6.00. The fourth-order valence-electron chi connectivity index (χ4n) is 2.10. The van der Waals surface area contributed by atoms with Crippen molar-refractivity contribution in [1.82, 2.24) is 0 Å². The molecule has 0 atom stereocenters. The van der Waals surface area contributed by atoms with Gasteiger partial charge in [-0.2, -0.15) is 70.2 Å². The molecule has 1 N–H and O–H groups in total. The average Bonchev–Trinajstić information content (AvgIpc) is 2.68. The number of nitrogens with one attached hydrogen (secondary N) is 1. The lowest BCUT2D eigenvalue weighted by Gasteiger charge is -2.42. The summed E-state index contributed by atoms with van der Waals surface area (Å²) in [5.74, 6) is -63.1. The van der Waals surface area contributed by atoms with Crippen molar-refractivity contribution < 1.29 is 79.4 Å². The van der Waals surface area contributed by atoms with Gasteiger partial charge in [-0.1, -0.05) is 15.9 Å². The van der Waals surface area contributed by atoms with Gasteiger partial charge >= 0.3 is 52.7 Å². The number of hydrogen-bond acceptors (Lipinski definition) is 1. The third-order valence-corrected chi connectivity index (χ3v) is 4.92. The maximum Gasteiger partial charge on any atom is 0.393 e. The predicted molar refractivity (Wildman–Crippen MR) is 88.2 cm³/mol. The van der Waals surface area contributed by atoms with Crippen molar-refractivity contribution in [3.8, 4) is 0 Å². The van der Waals surface area contributed by atoms with Gasteiger partial charge in [-0.15, -0.1) is 0 Å².